The van der Waals surface area contributed by atoms with Crippen LogP contribution in [0, 0.1) is 6.92 Å². The summed E-state index contributed by atoms with van der Waals surface area (Å²) in [5.41, 5.74) is -0.566. The third kappa shape index (κ3) is 1.69. The number of para-hydroxylation sites is 2. The largest absolute Gasteiger partial charge is 0.506 e. The summed E-state index contributed by atoms with van der Waals surface area (Å²) < 4.78 is 1.01. The van der Waals surface area contributed by atoms with E-state index in [-0.39, 0.29) is 22.7 Å². The summed E-state index contributed by atoms with van der Waals surface area (Å²) in [5, 5.41) is 21.1. The van der Waals surface area contributed by atoms with Crippen molar-refractivity contribution in [1.82, 2.24) is 9.78 Å². The van der Waals surface area contributed by atoms with Crippen molar-refractivity contribution in [2.24, 2.45) is 0 Å². The van der Waals surface area contributed by atoms with E-state index in [0.717, 1.165) is 4.68 Å². The zero-order chi connectivity index (χ0) is 12.6. The molecule has 0 atom stereocenters. The Morgan fingerprint density at radius 3 is 2.53 bits per heavy atom. The number of aromatic carboxylic acids is 1. The molecule has 6 heteroatoms. The second-order valence-electron chi connectivity index (χ2n) is 3.55. The van der Waals surface area contributed by atoms with Crippen molar-refractivity contribution in [2.45, 2.75) is 6.92 Å². The highest BCUT2D eigenvalue weighted by Gasteiger charge is 2.19. The molecule has 2 aromatic rings. The summed E-state index contributed by atoms with van der Waals surface area (Å²) in [6.07, 6.45) is 0. The van der Waals surface area contributed by atoms with Crippen LogP contribution in [0.1, 0.15) is 16.1 Å². The van der Waals surface area contributed by atoms with Crippen molar-refractivity contribution in [3.8, 4) is 11.4 Å². The van der Waals surface area contributed by atoms with E-state index in [0.29, 0.717) is 0 Å². The topological polar surface area (TPSA) is 95.3 Å². The van der Waals surface area contributed by atoms with Gasteiger partial charge in [-0.25, -0.2) is 9.48 Å². The number of nitrogens with zero attached hydrogens (tertiary/aromatic N) is 1. The maximum atomic E-state index is 11.8. The molecule has 0 aliphatic rings. The van der Waals surface area contributed by atoms with Crippen LogP contribution >= 0.6 is 0 Å². The molecule has 1 heterocycles. The minimum Gasteiger partial charge on any atom is -0.506 e. The van der Waals surface area contributed by atoms with Crippen molar-refractivity contribution >= 4 is 5.97 Å². The zero-order valence-corrected chi connectivity index (χ0v) is 8.97. The number of carboxylic acid groups (broad SMARTS) is 1. The van der Waals surface area contributed by atoms with Crippen molar-refractivity contribution < 1.29 is 15.0 Å². The third-order valence-corrected chi connectivity index (χ3v) is 2.41. The van der Waals surface area contributed by atoms with Gasteiger partial charge in [-0.15, -0.1) is 0 Å². The predicted octanol–water partition coefficient (Wildman–Crippen LogP) is 0.878. The van der Waals surface area contributed by atoms with Crippen LogP contribution in [-0.4, -0.2) is 26.0 Å². The van der Waals surface area contributed by atoms with Gasteiger partial charge in [0.2, 0.25) is 0 Å². The average molecular weight is 234 g/mol. The van der Waals surface area contributed by atoms with Crippen LogP contribution in [0.4, 0.5) is 0 Å². The van der Waals surface area contributed by atoms with E-state index >= 15 is 0 Å². The number of phenols is 1. The Kier molecular flexibility index (Phi) is 2.47. The number of benzene rings is 1. The molecule has 0 aliphatic carbocycles. The van der Waals surface area contributed by atoms with Crippen LogP contribution in [0.5, 0.6) is 5.75 Å². The highest BCUT2D eigenvalue weighted by Crippen LogP contribution is 2.18. The van der Waals surface area contributed by atoms with E-state index in [1.165, 1.54) is 19.1 Å². The van der Waals surface area contributed by atoms with Crippen LogP contribution in [-0.2, 0) is 0 Å². The molecule has 0 saturated carbocycles. The van der Waals surface area contributed by atoms with Gasteiger partial charge < -0.3 is 10.2 Å². The number of aromatic nitrogens is 2. The van der Waals surface area contributed by atoms with Crippen LogP contribution < -0.4 is 5.56 Å². The number of aromatic hydroxyl groups is 1. The summed E-state index contributed by atoms with van der Waals surface area (Å²) in [7, 11) is 0. The third-order valence-electron chi connectivity index (χ3n) is 2.41. The number of phenolic OH excluding ortho intramolecular Hbond substituents is 1. The lowest BCUT2D eigenvalue weighted by atomic mass is 10.2. The first-order chi connectivity index (χ1) is 8.02. The smallest absolute Gasteiger partial charge is 0.343 e. The molecule has 0 unspecified atom stereocenters. The van der Waals surface area contributed by atoms with E-state index in [4.69, 9.17) is 5.11 Å². The molecule has 0 bridgehead atoms. The van der Waals surface area contributed by atoms with Crippen molar-refractivity contribution in [3.05, 3.63) is 45.9 Å². The van der Waals surface area contributed by atoms with Crippen LogP contribution in [0.25, 0.3) is 5.69 Å². The lowest BCUT2D eigenvalue weighted by Gasteiger charge is -2.03. The number of H-pyrrole nitrogens is 1. The molecule has 1 aromatic carbocycles. The fraction of sp³-hybridized carbons (Fsp3) is 0.0909. The number of aromatic amines is 1. The van der Waals surface area contributed by atoms with Gasteiger partial charge in [-0.1, -0.05) is 12.1 Å². The number of hydrogen-bond acceptors (Lipinski definition) is 3. The van der Waals surface area contributed by atoms with E-state index in [2.05, 4.69) is 5.10 Å². The molecule has 2 rings (SSSR count). The molecule has 0 aliphatic heterocycles. The number of rotatable bonds is 2. The molecule has 1 aromatic heterocycles. The lowest BCUT2D eigenvalue weighted by Crippen LogP contribution is -2.20. The minimum absolute atomic E-state index is 0.104. The maximum Gasteiger partial charge on any atom is 0.343 e. The molecular weight excluding hydrogens is 224 g/mol. The molecule has 17 heavy (non-hydrogen) atoms. The monoisotopic (exact) mass is 234 g/mol. The quantitative estimate of drug-likeness (QED) is 0.718. The van der Waals surface area contributed by atoms with Gasteiger partial charge in [-0.05, 0) is 19.1 Å². The SMILES string of the molecule is Cc1[nH]n(-c2ccccc2O)c(=O)c1C(=O)O. The number of hydrogen-bond donors (Lipinski definition) is 3. The summed E-state index contributed by atoms with van der Waals surface area (Å²) in [6.45, 7) is 1.49. The van der Waals surface area contributed by atoms with Gasteiger partial charge in [-0.3, -0.25) is 9.89 Å². The Morgan fingerprint density at radius 1 is 1.35 bits per heavy atom. The van der Waals surface area contributed by atoms with Crippen LogP contribution in [0.3, 0.4) is 0 Å². The van der Waals surface area contributed by atoms with E-state index in [9.17, 15) is 14.7 Å². The van der Waals surface area contributed by atoms with Gasteiger partial charge in [-0.2, -0.15) is 0 Å². The summed E-state index contributed by atoms with van der Waals surface area (Å²) in [6, 6.07) is 6.17. The van der Waals surface area contributed by atoms with E-state index in [1.54, 1.807) is 12.1 Å². The van der Waals surface area contributed by atoms with Gasteiger partial charge in [0.1, 0.15) is 17.0 Å². The maximum absolute atomic E-state index is 11.8. The number of carbonyl (C=O) groups is 1. The van der Waals surface area contributed by atoms with Crippen LogP contribution in [0.2, 0.25) is 0 Å². The normalized spacial score (nSPS) is 10.4. The van der Waals surface area contributed by atoms with Gasteiger partial charge in [0.15, 0.2) is 0 Å². The molecule has 0 saturated heterocycles. The fourth-order valence-electron chi connectivity index (χ4n) is 1.62. The van der Waals surface area contributed by atoms with Gasteiger partial charge in [0.25, 0.3) is 5.56 Å². The lowest BCUT2D eigenvalue weighted by molar-refractivity contribution is 0.0694. The second kappa shape index (κ2) is 3.82. The molecular formula is C11H10N2O4. The Balaban J connectivity index is 2.71. The first-order valence-electron chi connectivity index (χ1n) is 4.85. The minimum atomic E-state index is -1.29. The Hall–Kier alpha value is -2.50. The zero-order valence-electron chi connectivity index (χ0n) is 8.97. The van der Waals surface area contributed by atoms with Crippen LogP contribution in [0.15, 0.2) is 29.1 Å². The molecule has 3 N–H and O–H groups in total. The summed E-state index contributed by atoms with van der Waals surface area (Å²) in [4.78, 5) is 22.7. The first-order valence-corrected chi connectivity index (χ1v) is 4.85. The predicted molar refractivity (Wildman–Crippen MR) is 59.8 cm³/mol. The average Bonchev–Trinajstić information content (AvgIpc) is 2.55. The van der Waals surface area contributed by atoms with Gasteiger partial charge >= 0.3 is 5.97 Å². The summed E-state index contributed by atoms with van der Waals surface area (Å²) in [5.74, 6) is -1.40. The second-order valence-corrected chi connectivity index (χ2v) is 3.55. The molecule has 0 amide bonds. The van der Waals surface area contributed by atoms with E-state index < -0.39 is 11.5 Å². The first kappa shape index (κ1) is 11.0. The highest BCUT2D eigenvalue weighted by molar-refractivity contribution is 5.88. The van der Waals surface area contributed by atoms with Crippen molar-refractivity contribution in [3.63, 3.8) is 0 Å². The van der Waals surface area contributed by atoms with Gasteiger partial charge in [0.05, 0.1) is 0 Å². The summed E-state index contributed by atoms with van der Waals surface area (Å²) >= 11 is 0. The molecule has 88 valence electrons. The Bertz CT molecular complexity index is 639. The fourth-order valence-corrected chi connectivity index (χ4v) is 1.62. The number of aryl methyl sites for hydroxylation is 1. The number of carboxylic acids is 1. The Labute approximate surface area is 95.7 Å². The van der Waals surface area contributed by atoms with Gasteiger partial charge in [0, 0.05) is 5.69 Å². The molecule has 0 spiro atoms. The van der Waals surface area contributed by atoms with Crippen molar-refractivity contribution in [2.75, 3.05) is 0 Å². The highest BCUT2D eigenvalue weighted by atomic mass is 16.4. The molecule has 6 nitrogen and oxygen atoms in total. The Morgan fingerprint density at radius 2 is 2.00 bits per heavy atom. The van der Waals surface area contributed by atoms with E-state index in [1.807, 2.05) is 0 Å². The standard InChI is InChI=1S/C11H10N2O4/c1-6-9(11(16)17)10(15)13(12-6)7-4-2-3-5-8(7)14/h2-5,12,14H,1H3,(H,16,17). The number of nitrogens with one attached hydrogen (secondary N) is 1. The molecule has 0 radical (unpaired) electrons. The molecule has 0 fully saturated rings. The van der Waals surface area contributed by atoms with Crippen molar-refractivity contribution in [1.29, 1.82) is 0 Å².